The molecule has 36 heavy (non-hydrogen) atoms. The second-order valence-electron chi connectivity index (χ2n) is 10.9. The monoisotopic (exact) mass is 493 g/mol. The number of carbonyl (C=O) groups is 3. The van der Waals surface area contributed by atoms with Crippen LogP contribution in [0.2, 0.25) is 0 Å². The number of piperidine rings is 2. The molecule has 2 N–H and O–H groups in total. The van der Waals surface area contributed by atoms with Crippen molar-refractivity contribution in [2.24, 2.45) is 29.4 Å². The van der Waals surface area contributed by atoms with Crippen molar-refractivity contribution in [2.75, 3.05) is 36.0 Å². The number of allylic oxidation sites excluding steroid dienone is 2. The largest absolute Gasteiger partial charge is 0.368 e. The summed E-state index contributed by atoms with van der Waals surface area (Å²) in [7, 11) is 0. The molecule has 190 valence electrons. The van der Waals surface area contributed by atoms with E-state index >= 15 is 0 Å². The summed E-state index contributed by atoms with van der Waals surface area (Å²) in [5.74, 6) is -1.39. The fourth-order valence-corrected chi connectivity index (χ4v) is 7.38. The van der Waals surface area contributed by atoms with Crippen molar-refractivity contribution >= 4 is 34.8 Å². The molecule has 2 bridgehead atoms. The van der Waals surface area contributed by atoms with Crippen molar-refractivity contribution in [3.05, 3.63) is 40.5 Å². The van der Waals surface area contributed by atoms with Gasteiger partial charge in [0, 0.05) is 19.2 Å². The molecule has 3 aliphatic heterocycles. The number of carbonyl (C=O) groups excluding carboxylic acids is 3. The number of nitrogens with zero attached hydrogens (tertiary/aromatic N) is 4. The summed E-state index contributed by atoms with van der Waals surface area (Å²) in [5.41, 5.74) is 5.72. The molecule has 1 saturated carbocycles. The molecule has 3 saturated heterocycles. The standard InChI is InChI=1S/C26H31N5O5/c27-25(34)26(29-10-2-1-3-11-29)8-12-28(13-9-26)19-7-6-18(15-20(19)31(35)36)30-23(32)21-16-4-5-17(14-16)22(21)24(30)33/h4-7,15-17,21-22H,1-3,8-14H2,(H2,27,34)/t16-,17-,21-,22+/m0/s1. The molecule has 5 aliphatic rings. The van der Waals surface area contributed by atoms with Crippen LogP contribution in [-0.2, 0) is 14.4 Å². The fraction of sp³-hybridized carbons (Fsp3) is 0.577. The van der Waals surface area contributed by atoms with Crippen LogP contribution in [0, 0.1) is 33.8 Å². The molecule has 10 heteroatoms. The Labute approximate surface area is 209 Å². The maximum absolute atomic E-state index is 13.2. The first kappa shape index (κ1) is 23.1. The molecule has 0 unspecified atom stereocenters. The number of hydrogen-bond donors (Lipinski definition) is 1. The van der Waals surface area contributed by atoms with Gasteiger partial charge in [0.1, 0.15) is 11.2 Å². The smallest absolute Gasteiger partial charge is 0.294 e. The summed E-state index contributed by atoms with van der Waals surface area (Å²) in [6.07, 6.45) is 9.12. The maximum Gasteiger partial charge on any atom is 0.294 e. The summed E-state index contributed by atoms with van der Waals surface area (Å²) < 4.78 is 0. The number of imide groups is 1. The highest BCUT2D eigenvalue weighted by atomic mass is 16.6. The van der Waals surface area contributed by atoms with Gasteiger partial charge >= 0.3 is 0 Å². The van der Waals surface area contributed by atoms with Crippen LogP contribution in [0.5, 0.6) is 0 Å². The molecule has 0 radical (unpaired) electrons. The Morgan fingerprint density at radius 1 is 0.972 bits per heavy atom. The lowest BCUT2D eigenvalue weighted by atomic mass is 9.83. The van der Waals surface area contributed by atoms with E-state index in [2.05, 4.69) is 4.90 Å². The number of amides is 3. The van der Waals surface area contributed by atoms with Gasteiger partial charge in [0.2, 0.25) is 17.7 Å². The average molecular weight is 494 g/mol. The highest BCUT2D eigenvalue weighted by molar-refractivity contribution is 6.23. The lowest BCUT2D eigenvalue weighted by Gasteiger charge is -2.48. The Hall–Kier alpha value is -3.27. The first-order valence-electron chi connectivity index (χ1n) is 13.0. The van der Waals surface area contributed by atoms with E-state index in [0.717, 1.165) is 43.7 Å². The van der Waals surface area contributed by atoms with Gasteiger partial charge in [0.15, 0.2) is 0 Å². The Kier molecular flexibility index (Phi) is 5.40. The molecule has 0 aromatic heterocycles. The first-order valence-corrected chi connectivity index (χ1v) is 13.0. The van der Waals surface area contributed by atoms with E-state index in [-0.39, 0.29) is 52.8 Å². The second kappa shape index (κ2) is 8.40. The maximum atomic E-state index is 13.2. The van der Waals surface area contributed by atoms with Crippen molar-refractivity contribution in [2.45, 2.75) is 44.1 Å². The molecule has 4 atom stereocenters. The topological polar surface area (TPSA) is 130 Å². The Morgan fingerprint density at radius 3 is 2.14 bits per heavy atom. The minimum absolute atomic E-state index is 0.0782. The van der Waals surface area contributed by atoms with Crippen molar-refractivity contribution in [1.29, 1.82) is 0 Å². The Morgan fingerprint density at radius 2 is 1.58 bits per heavy atom. The summed E-state index contributed by atoms with van der Waals surface area (Å²) in [6, 6.07) is 4.62. The van der Waals surface area contributed by atoms with Crippen LogP contribution in [0.25, 0.3) is 0 Å². The Bertz CT molecular complexity index is 1140. The van der Waals surface area contributed by atoms with Gasteiger partial charge in [-0.25, -0.2) is 4.90 Å². The number of rotatable bonds is 5. The molecular formula is C26H31N5O5. The zero-order chi connectivity index (χ0) is 25.2. The van der Waals surface area contributed by atoms with Gasteiger partial charge in [0.25, 0.3) is 5.69 Å². The lowest BCUT2D eigenvalue weighted by Crippen LogP contribution is -2.63. The third-order valence-electron chi connectivity index (χ3n) is 9.24. The van der Waals surface area contributed by atoms with Crippen LogP contribution < -0.4 is 15.5 Å². The predicted octanol–water partition coefficient (Wildman–Crippen LogP) is 2.22. The van der Waals surface area contributed by atoms with Gasteiger partial charge in [-0.2, -0.15) is 0 Å². The van der Waals surface area contributed by atoms with Gasteiger partial charge < -0.3 is 10.6 Å². The van der Waals surface area contributed by atoms with E-state index in [1.165, 1.54) is 6.07 Å². The van der Waals surface area contributed by atoms with Crippen LogP contribution in [0.15, 0.2) is 30.4 Å². The van der Waals surface area contributed by atoms with E-state index < -0.39 is 10.5 Å². The zero-order valence-electron chi connectivity index (χ0n) is 20.2. The van der Waals surface area contributed by atoms with Crippen LogP contribution in [0.3, 0.4) is 0 Å². The zero-order valence-corrected chi connectivity index (χ0v) is 20.2. The lowest BCUT2D eigenvalue weighted by molar-refractivity contribution is -0.384. The summed E-state index contributed by atoms with van der Waals surface area (Å²) in [4.78, 5) is 55.8. The number of nitro benzene ring substituents is 1. The van der Waals surface area contributed by atoms with Crippen LogP contribution in [-0.4, -0.2) is 59.3 Å². The van der Waals surface area contributed by atoms with Gasteiger partial charge in [-0.05, 0) is 69.2 Å². The van der Waals surface area contributed by atoms with Gasteiger partial charge in [0.05, 0.1) is 22.4 Å². The third kappa shape index (κ3) is 3.30. The van der Waals surface area contributed by atoms with Crippen LogP contribution in [0.1, 0.15) is 38.5 Å². The number of primary amides is 1. The number of nitro groups is 1. The molecule has 2 aliphatic carbocycles. The molecule has 3 amide bonds. The number of nitrogens with two attached hydrogens (primary N) is 1. The molecule has 0 spiro atoms. The summed E-state index contributed by atoms with van der Waals surface area (Å²) >= 11 is 0. The highest BCUT2D eigenvalue weighted by Crippen LogP contribution is 2.53. The van der Waals surface area contributed by atoms with E-state index in [1.807, 2.05) is 17.1 Å². The molecule has 6 rings (SSSR count). The number of likely N-dealkylation sites (tertiary alicyclic amines) is 1. The van der Waals surface area contributed by atoms with E-state index in [1.54, 1.807) is 12.1 Å². The van der Waals surface area contributed by atoms with Crippen molar-refractivity contribution in [1.82, 2.24) is 4.90 Å². The second-order valence-corrected chi connectivity index (χ2v) is 10.9. The predicted molar refractivity (Wildman–Crippen MR) is 132 cm³/mol. The Balaban J connectivity index is 1.25. The van der Waals surface area contributed by atoms with Crippen molar-refractivity contribution < 1.29 is 19.3 Å². The first-order chi connectivity index (χ1) is 17.3. The minimum Gasteiger partial charge on any atom is -0.368 e. The minimum atomic E-state index is -0.717. The summed E-state index contributed by atoms with van der Waals surface area (Å²) in [5, 5.41) is 12.1. The SMILES string of the molecule is NC(=O)C1(N2CCCCC2)CCN(c2ccc(N3C(=O)[C@@H]4[C@H](C3=O)[C@H]3C=C[C@H]4C3)cc2[N+](=O)[O-])CC1. The number of fused-ring (bicyclic) bond motifs is 5. The van der Waals surface area contributed by atoms with Crippen molar-refractivity contribution in [3.8, 4) is 0 Å². The number of hydrogen-bond acceptors (Lipinski definition) is 7. The summed E-state index contributed by atoms with van der Waals surface area (Å²) in [6.45, 7) is 2.60. The van der Waals surface area contributed by atoms with E-state index in [4.69, 9.17) is 5.73 Å². The molecule has 1 aromatic carbocycles. The molecule has 4 fully saturated rings. The van der Waals surface area contributed by atoms with Gasteiger partial charge in [-0.1, -0.05) is 18.6 Å². The molecule has 10 nitrogen and oxygen atoms in total. The van der Waals surface area contributed by atoms with Gasteiger partial charge in [-0.3, -0.25) is 29.4 Å². The normalized spacial score (nSPS) is 31.2. The quantitative estimate of drug-likeness (QED) is 0.288. The number of anilines is 2. The van der Waals surface area contributed by atoms with E-state index in [9.17, 15) is 24.5 Å². The molecule has 1 aromatic rings. The van der Waals surface area contributed by atoms with Crippen LogP contribution >= 0.6 is 0 Å². The number of benzene rings is 1. The average Bonchev–Trinajstić information content (AvgIpc) is 3.58. The molecular weight excluding hydrogens is 462 g/mol. The van der Waals surface area contributed by atoms with Crippen LogP contribution in [0.4, 0.5) is 17.1 Å². The molecule has 3 heterocycles. The van der Waals surface area contributed by atoms with E-state index in [0.29, 0.717) is 31.6 Å². The fourth-order valence-electron chi connectivity index (χ4n) is 7.38. The third-order valence-corrected chi connectivity index (χ3v) is 9.24. The highest BCUT2D eigenvalue weighted by Gasteiger charge is 2.59. The van der Waals surface area contributed by atoms with Gasteiger partial charge in [-0.15, -0.1) is 0 Å². The van der Waals surface area contributed by atoms with Crippen molar-refractivity contribution in [3.63, 3.8) is 0 Å².